The van der Waals surface area contributed by atoms with Gasteiger partial charge in [0.25, 0.3) is 5.91 Å². The number of carbonyl (C=O) groups excluding carboxylic acids is 1. The van der Waals surface area contributed by atoms with Gasteiger partial charge >= 0.3 is 0 Å². The lowest BCUT2D eigenvalue weighted by molar-refractivity contribution is 0.0529. The van der Waals surface area contributed by atoms with Gasteiger partial charge < -0.3 is 10.6 Å². The van der Waals surface area contributed by atoms with Gasteiger partial charge in [-0.25, -0.2) is 0 Å². The average molecular weight is 283 g/mol. The summed E-state index contributed by atoms with van der Waals surface area (Å²) in [7, 11) is 0. The summed E-state index contributed by atoms with van der Waals surface area (Å²) in [5.41, 5.74) is 6.63. The van der Waals surface area contributed by atoms with Crippen molar-refractivity contribution < 1.29 is 4.79 Å². The van der Waals surface area contributed by atoms with Crippen molar-refractivity contribution in [1.82, 2.24) is 9.88 Å². The zero-order valence-electron chi connectivity index (χ0n) is 12.5. The van der Waals surface area contributed by atoms with Gasteiger partial charge in [0.1, 0.15) is 5.69 Å². The molecule has 1 aromatic heterocycles. The van der Waals surface area contributed by atoms with E-state index in [9.17, 15) is 4.79 Å². The van der Waals surface area contributed by atoms with Gasteiger partial charge in [-0.15, -0.1) is 0 Å². The fraction of sp³-hybridized carbons (Fsp3) is 0.412. The number of rotatable bonds is 1. The monoisotopic (exact) mass is 283 g/mol. The molecule has 1 amide bonds. The van der Waals surface area contributed by atoms with Crippen molar-refractivity contribution in [2.24, 2.45) is 11.1 Å². The SMILES string of the molecule is CC1(C)CN(C(=O)c2nccc3ccccc23)CCC1N. The van der Waals surface area contributed by atoms with Crippen LogP contribution in [0.1, 0.15) is 30.8 Å². The molecule has 0 bridgehead atoms. The van der Waals surface area contributed by atoms with Crippen molar-refractivity contribution in [3.8, 4) is 0 Å². The number of hydrogen-bond donors (Lipinski definition) is 1. The number of nitrogens with two attached hydrogens (primary N) is 1. The molecule has 21 heavy (non-hydrogen) atoms. The summed E-state index contributed by atoms with van der Waals surface area (Å²) in [6, 6.07) is 9.95. The average Bonchev–Trinajstić information content (AvgIpc) is 2.48. The van der Waals surface area contributed by atoms with Gasteiger partial charge in [-0.1, -0.05) is 38.1 Å². The third-order valence-corrected chi connectivity index (χ3v) is 4.48. The largest absolute Gasteiger partial charge is 0.337 e. The Morgan fingerprint density at radius 1 is 1.33 bits per heavy atom. The summed E-state index contributed by atoms with van der Waals surface area (Å²) in [5.74, 6) is 0.00627. The highest BCUT2D eigenvalue weighted by molar-refractivity contribution is 6.05. The van der Waals surface area contributed by atoms with Crippen LogP contribution in [0.2, 0.25) is 0 Å². The number of fused-ring (bicyclic) bond motifs is 1. The van der Waals surface area contributed by atoms with Crippen LogP contribution in [-0.4, -0.2) is 34.9 Å². The van der Waals surface area contributed by atoms with Crippen LogP contribution in [0.4, 0.5) is 0 Å². The van der Waals surface area contributed by atoms with Gasteiger partial charge in [-0.2, -0.15) is 0 Å². The van der Waals surface area contributed by atoms with Crippen LogP contribution < -0.4 is 5.73 Å². The molecule has 1 aliphatic rings. The predicted octanol–water partition coefficient (Wildman–Crippen LogP) is 2.43. The van der Waals surface area contributed by atoms with Gasteiger partial charge in [0.15, 0.2) is 0 Å². The van der Waals surface area contributed by atoms with Gasteiger partial charge in [-0.05, 0) is 23.3 Å². The molecule has 1 unspecified atom stereocenters. The lowest BCUT2D eigenvalue weighted by atomic mass is 9.79. The lowest BCUT2D eigenvalue weighted by Crippen LogP contribution is -2.54. The standard InChI is InChI=1S/C17H21N3O/c1-17(2)11-20(10-8-14(17)18)16(21)15-13-6-4-3-5-12(13)7-9-19-15/h3-7,9,14H,8,10-11,18H2,1-2H3. The van der Waals surface area contributed by atoms with E-state index < -0.39 is 0 Å². The molecule has 1 aromatic carbocycles. The minimum Gasteiger partial charge on any atom is -0.337 e. The smallest absolute Gasteiger partial charge is 0.273 e. The normalized spacial score (nSPS) is 21.5. The maximum absolute atomic E-state index is 12.8. The molecule has 1 saturated heterocycles. The van der Waals surface area contributed by atoms with Crippen molar-refractivity contribution in [3.05, 3.63) is 42.2 Å². The summed E-state index contributed by atoms with van der Waals surface area (Å²) in [5, 5.41) is 1.96. The van der Waals surface area contributed by atoms with E-state index in [1.807, 2.05) is 35.2 Å². The molecule has 1 aliphatic heterocycles. The highest BCUT2D eigenvalue weighted by Crippen LogP contribution is 2.29. The summed E-state index contributed by atoms with van der Waals surface area (Å²) in [6.07, 6.45) is 2.54. The molecule has 2 heterocycles. The van der Waals surface area contributed by atoms with Gasteiger partial charge in [0.2, 0.25) is 0 Å². The van der Waals surface area contributed by atoms with Crippen molar-refractivity contribution in [2.75, 3.05) is 13.1 Å². The summed E-state index contributed by atoms with van der Waals surface area (Å²) in [6.45, 7) is 5.62. The molecule has 1 atom stereocenters. The molecule has 0 aliphatic carbocycles. The number of aromatic nitrogens is 1. The van der Waals surface area contributed by atoms with E-state index in [-0.39, 0.29) is 17.4 Å². The predicted molar refractivity (Wildman–Crippen MR) is 84.0 cm³/mol. The fourth-order valence-electron chi connectivity index (χ4n) is 2.99. The number of hydrogen-bond acceptors (Lipinski definition) is 3. The van der Waals surface area contributed by atoms with E-state index in [0.29, 0.717) is 18.8 Å². The zero-order chi connectivity index (χ0) is 15.0. The van der Waals surface area contributed by atoms with Crippen molar-refractivity contribution >= 4 is 16.7 Å². The first-order valence-corrected chi connectivity index (χ1v) is 7.38. The summed E-state index contributed by atoms with van der Waals surface area (Å²) in [4.78, 5) is 19.0. The Labute approximate surface area is 125 Å². The van der Waals surface area contributed by atoms with Crippen LogP contribution in [0.25, 0.3) is 10.8 Å². The van der Waals surface area contributed by atoms with E-state index in [4.69, 9.17) is 5.73 Å². The van der Waals surface area contributed by atoms with Crippen LogP contribution >= 0.6 is 0 Å². The second-order valence-corrected chi connectivity index (χ2v) is 6.49. The minimum atomic E-state index is -0.0570. The van der Waals surface area contributed by atoms with Gasteiger partial charge in [0, 0.05) is 30.7 Å². The fourth-order valence-corrected chi connectivity index (χ4v) is 2.99. The maximum atomic E-state index is 12.8. The summed E-state index contributed by atoms with van der Waals surface area (Å²) < 4.78 is 0. The van der Waals surface area contributed by atoms with E-state index in [1.165, 1.54) is 0 Å². The quantitative estimate of drug-likeness (QED) is 0.874. The molecule has 110 valence electrons. The Morgan fingerprint density at radius 3 is 2.86 bits per heavy atom. The second-order valence-electron chi connectivity index (χ2n) is 6.49. The van der Waals surface area contributed by atoms with Crippen molar-refractivity contribution in [1.29, 1.82) is 0 Å². The Balaban J connectivity index is 1.94. The third-order valence-electron chi connectivity index (χ3n) is 4.48. The highest BCUT2D eigenvalue weighted by atomic mass is 16.2. The minimum absolute atomic E-state index is 0.00627. The first-order valence-electron chi connectivity index (χ1n) is 7.38. The Bertz CT molecular complexity index is 675. The van der Waals surface area contributed by atoms with Crippen molar-refractivity contribution in [3.63, 3.8) is 0 Å². The molecule has 2 N–H and O–H groups in total. The lowest BCUT2D eigenvalue weighted by Gasteiger charge is -2.42. The number of nitrogens with zero attached hydrogens (tertiary/aromatic N) is 2. The van der Waals surface area contributed by atoms with E-state index in [1.54, 1.807) is 6.20 Å². The molecular weight excluding hydrogens is 262 g/mol. The molecule has 2 aromatic rings. The van der Waals surface area contributed by atoms with Gasteiger partial charge in [-0.3, -0.25) is 9.78 Å². The number of carbonyl (C=O) groups is 1. The Morgan fingerprint density at radius 2 is 2.10 bits per heavy atom. The number of pyridine rings is 1. The maximum Gasteiger partial charge on any atom is 0.273 e. The van der Waals surface area contributed by atoms with Crippen molar-refractivity contribution in [2.45, 2.75) is 26.3 Å². The second kappa shape index (κ2) is 5.11. The van der Waals surface area contributed by atoms with Crippen LogP contribution in [0.15, 0.2) is 36.5 Å². The number of likely N-dealkylation sites (tertiary alicyclic amines) is 1. The third kappa shape index (κ3) is 2.51. The number of piperidine rings is 1. The zero-order valence-corrected chi connectivity index (χ0v) is 12.5. The van der Waals surface area contributed by atoms with E-state index in [0.717, 1.165) is 17.2 Å². The molecule has 1 fully saturated rings. The summed E-state index contributed by atoms with van der Waals surface area (Å²) >= 11 is 0. The topological polar surface area (TPSA) is 59.2 Å². The van der Waals surface area contributed by atoms with Gasteiger partial charge in [0.05, 0.1) is 0 Å². The molecule has 4 heteroatoms. The van der Waals surface area contributed by atoms with Crippen LogP contribution in [0.5, 0.6) is 0 Å². The number of amides is 1. The molecule has 0 saturated carbocycles. The van der Waals surface area contributed by atoms with Crippen LogP contribution in [-0.2, 0) is 0 Å². The van der Waals surface area contributed by atoms with E-state index >= 15 is 0 Å². The molecule has 0 radical (unpaired) electrons. The Hall–Kier alpha value is -1.94. The van der Waals surface area contributed by atoms with Crippen LogP contribution in [0.3, 0.4) is 0 Å². The molecule has 4 nitrogen and oxygen atoms in total. The first kappa shape index (κ1) is 14.0. The first-order chi connectivity index (χ1) is 9.99. The van der Waals surface area contributed by atoms with Crippen LogP contribution in [0, 0.1) is 5.41 Å². The molecule has 0 spiro atoms. The highest BCUT2D eigenvalue weighted by Gasteiger charge is 2.36. The molecular formula is C17H21N3O. The number of benzene rings is 1. The van der Waals surface area contributed by atoms with E-state index in [2.05, 4.69) is 18.8 Å². The molecule has 3 rings (SSSR count). The Kier molecular flexibility index (Phi) is 3.41.